The molecule has 25 heavy (non-hydrogen) atoms. The fourth-order valence-corrected chi connectivity index (χ4v) is 2.54. The summed E-state index contributed by atoms with van der Waals surface area (Å²) in [7, 11) is 0. The van der Waals surface area contributed by atoms with Gasteiger partial charge >= 0.3 is 6.03 Å². The van der Waals surface area contributed by atoms with Gasteiger partial charge in [-0.2, -0.15) is 0 Å². The number of amides is 3. The summed E-state index contributed by atoms with van der Waals surface area (Å²) < 4.78 is 0. The fraction of sp³-hybridized carbons (Fsp3) is 0.158. The maximum absolute atomic E-state index is 11.9. The number of anilines is 1. The first-order valence-corrected chi connectivity index (χ1v) is 8.19. The van der Waals surface area contributed by atoms with Crippen LogP contribution in [0.5, 0.6) is 0 Å². The van der Waals surface area contributed by atoms with E-state index in [1.165, 1.54) is 0 Å². The van der Waals surface area contributed by atoms with E-state index in [-0.39, 0.29) is 18.5 Å². The van der Waals surface area contributed by atoms with Crippen LogP contribution in [0.15, 0.2) is 48.5 Å². The Hall–Kier alpha value is -2.97. The minimum atomic E-state index is -0.193. The molecule has 0 radical (unpaired) electrons. The predicted molar refractivity (Wildman–Crippen MR) is 97.8 cm³/mol. The van der Waals surface area contributed by atoms with Crippen LogP contribution in [0.2, 0.25) is 5.02 Å². The highest BCUT2D eigenvalue weighted by molar-refractivity contribution is 6.30. The van der Waals surface area contributed by atoms with Crippen LogP contribution in [-0.2, 0) is 0 Å². The van der Waals surface area contributed by atoms with E-state index in [2.05, 4.69) is 22.5 Å². The van der Waals surface area contributed by atoms with Gasteiger partial charge in [-0.3, -0.25) is 9.69 Å². The van der Waals surface area contributed by atoms with Gasteiger partial charge in [-0.1, -0.05) is 23.4 Å². The molecule has 1 aliphatic rings. The average molecular weight is 354 g/mol. The van der Waals surface area contributed by atoms with E-state index in [0.717, 1.165) is 11.3 Å². The van der Waals surface area contributed by atoms with Gasteiger partial charge in [0.15, 0.2) is 0 Å². The van der Waals surface area contributed by atoms with Crippen LogP contribution in [0, 0.1) is 11.8 Å². The Morgan fingerprint density at radius 2 is 1.88 bits per heavy atom. The summed E-state index contributed by atoms with van der Waals surface area (Å²) in [6.07, 6.45) is 0. The van der Waals surface area contributed by atoms with E-state index in [9.17, 15) is 9.59 Å². The van der Waals surface area contributed by atoms with Crippen molar-refractivity contribution in [3.8, 4) is 11.8 Å². The molecule has 2 N–H and O–H groups in total. The van der Waals surface area contributed by atoms with Gasteiger partial charge in [0.1, 0.15) is 0 Å². The summed E-state index contributed by atoms with van der Waals surface area (Å²) in [4.78, 5) is 25.2. The summed E-state index contributed by atoms with van der Waals surface area (Å²) in [5, 5.41) is 6.09. The summed E-state index contributed by atoms with van der Waals surface area (Å²) >= 11 is 5.79. The standard InChI is InChI=1S/C19H16ClN3O2/c20-16-7-5-15(6-8-16)18(24)21-11-1-2-14-3-9-17(10-4-14)23-13-12-22-19(23)25/h3-10H,11-13H2,(H,21,24)(H,22,25). The molecule has 1 heterocycles. The van der Waals surface area contributed by atoms with Gasteiger partial charge < -0.3 is 10.6 Å². The number of urea groups is 1. The summed E-state index contributed by atoms with van der Waals surface area (Å²) in [5.74, 6) is 5.70. The van der Waals surface area contributed by atoms with Gasteiger partial charge in [0.25, 0.3) is 5.91 Å². The number of halogens is 1. The van der Waals surface area contributed by atoms with E-state index in [4.69, 9.17) is 11.6 Å². The van der Waals surface area contributed by atoms with Crippen molar-refractivity contribution in [2.45, 2.75) is 0 Å². The van der Waals surface area contributed by atoms with E-state index < -0.39 is 0 Å². The molecule has 0 atom stereocenters. The number of hydrogen-bond acceptors (Lipinski definition) is 2. The second-order valence-electron chi connectivity index (χ2n) is 5.42. The minimum absolute atomic E-state index is 0.0799. The van der Waals surface area contributed by atoms with Crippen molar-refractivity contribution in [1.82, 2.24) is 10.6 Å². The van der Waals surface area contributed by atoms with Gasteiger partial charge in [-0.25, -0.2) is 4.79 Å². The van der Waals surface area contributed by atoms with Crippen molar-refractivity contribution in [3.05, 3.63) is 64.7 Å². The van der Waals surface area contributed by atoms with Crippen molar-refractivity contribution in [2.75, 3.05) is 24.5 Å². The number of carbonyl (C=O) groups excluding carboxylic acids is 2. The fourth-order valence-electron chi connectivity index (χ4n) is 2.42. The summed E-state index contributed by atoms with van der Waals surface area (Å²) in [6, 6.07) is 14.0. The third-order valence-electron chi connectivity index (χ3n) is 3.71. The first-order chi connectivity index (χ1) is 12.1. The third kappa shape index (κ3) is 4.31. The van der Waals surface area contributed by atoms with Crippen molar-refractivity contribution in [2.24, 2.45) is 0 Å². The minimum Gasteiger partial charge on any atom is -0.341 e. The molecule has 0 saturated carbocycles. The van der Waals surface area contributed by atoms with Gasteiger partial charge in [0, 0.05) is 34.9 Å². The highest BCUT2D eigenvalue weighted by atomic mass is 35.5. The number of carbonyl (C=O) groups is 2. The molecule has 5 nitrogen and oxygen atoms in total. The van der Waals surface area contributed by atoms with Crippen molar-refractivity contribution < 1.29 is 9.59 Å². The molecule has 6 heteroatoms. The molecule has 1 fully saturated rings. The SMILES string of the molecule is O=C(NCC#Cc1ccc(N2CCNC2=O)cc1)c1ccc(Cl)cc1. The molecule has 1 saturated heterocycles. The first-order valence-electron chi connectivity index (χ1n) is 7.81. The molecular weight excluding hydrogens is 338 g/mol. The smallest absolute Gasteiger partial charge is 0.321 e. The first kappa shape index (κ1) is 16.9. The Morgan fingerprint density at radius 1 is 1.16 bits per heavy atom. The molecule has 0 aliphatic carbocycles. The van der Waals surface area contributed by atoms with E-state index in [1.807, 2.05) is 24.3 Å². The zero-order chi connectivity index (χ0) is 17.6. The molecule has 126 valence electrons. The van der Waals surface area contributed by atoms with Crippen LogP contribution in [0.1, 0.15) is 15.9 Å². The lowest BCUT2D eigenvalue weighted by Crippen LogP contribution is -2.27. The number of nitrogens with one attached hydrogen (secondary N) is 2. The number of rotatable bonds is 3. The normalized spacial score (nSPS) is 13.0. The molecule has 0 aromatic heterocycles. The Bertz CT molecular complexity index is 836. The monoisotopic (exact) mass is 353 g/mol. The van der Waals surface area contributed by atoms with Gasteiger partial charge in [-0.15, -0.1) is 0 Å². The molecule has 0 bridgehead atoms. The average Bonchev–Trinajstić information content (AvgIpc) is 3.06. The molecule has 1 aliphatic heterocycles. The van der Waals surface area contributed by atoms with Crippen LogP contribution < -0.4 is 15.5 Å². The number of hydrogen-bond donors (Lipinski definition) is 2. The predicted octanol–water partition coefficient (Wildman–Crippen LogP) is 2.65. The Morgan fingerprint density at radius 3 is 2.52 bits per heavy atom. The maximum atomic E-state index is 11.9. The topological polar surface area (TPSA) is 61.4 Å². The molecule has 3 amide bonds. The zero-order valence-corrected chi connectivity index (χ0v) is 14.1. The van der Waals surface area contributed by atoms with Crippen molar-refractivity contribution in [1.29, 1.82) is 0 Å². The summed E-state index contributed by atoms with van der Waals surface area (Å²) in [5.41, 5.74) is 2.21. The third-order valence-corrected chi connectivity index (χ3v) is 3.96. The quantitative estimate of drug-likeness (QED) is 0.833. The van der Waals surface area contributed by atoms with Crippen molar-refractivity contribution >= 4 is 29.2 Å². The van der Waals surface area contributed by atoms with Crippen molar-refractivity contribution in [3.63, 3.8) is 0 Å². The Balaban J connectivity index is 1.54. The molecule has 3 rings (SSSR count). The second kappa shape index (κ2) is 7.73. The highest BCUT2D eigenvalue weighted by Crippen LogP contribution is 2.16. The molecular formula is C19H16ClN3O2. The summed E-state index contributed by atoms with van der Waals surface area (Å²) in [6.45, 7) is 1.58. The molecule has 0 spiro atoms. The van der Waals surface area contributed by atoms with E-state index >= 15 is 0 Å². The zero-order valence-electron chi connectivity index (χ0n) is 13.4. The molecule has 2 aromatic carbocycles. The lowest BCUT2D eigenvalue weighted by molar-refractivity contribution is 0.0958. The Labute approximate surface area is 151 Å². The largest absolute Gasteiger partial charge is 0.341 e. The number of benzene rings is 2. The van der Waals surface area contributed by atoms with Crippen LogP contribution >= 0.6 is 11.6 Å². The lowest BCUT2D eigenvalue weighted by atomic mass is 10.2. The van der Waals surface area contributed by atoms with E-state index in [1.54, 1.807) is 29.2 Å². The van der Waals surface area contributed by atoms with Crippen LogP contribution in [0.4, 0.5) is 10.5 Å². The second-order valence-corrected chi connectivity index (χ2v) is 5.86. The van der Waals surface area contributed by atoms with E-state index in [0.29, 0.717) is 23.7 Å². The molecule has 2 aromatic rings. The van der Waals surface area contributed by atoms with Crippen LogP contribution in [-0.4, -0.2) is 31.6 Å². The molecule has 0 unspecified atom stereocenters. The van der Waals surface area contributed by atoms with Gasteiger partial charge in [0.05, 0.1) is 6.54 Å². The number of nitrogens with zero attached hydrogens (tertiary/aromatic N) is 1. The lowest BCUT2D eigenvalue weighted by Gasteiger charge is -2.13. The highest BCUT2D eigenvalue weighted by Gasteiger charge is 2.20. The maximum Gasteiger partial charge on any atom is 0.321 e. The Kier molecular flexibility index (Phi) is 5.22. The van der Waals surface area contributed by atoms with Crippen LogP contribution in [0.3, 0.4) is 0 Å². The van der Waals surface area contributed by atoms with Crippen LogP contribution in [0.25, 0.3) is 0 Å². The van der Waals surface area contributed by atoms with Gasteiger partial charge in [-0.05, 0) is 48.5 Å². The van der Waals surface area contributed by atoms with Gasteiger partial charge in [0.2, 0.25) is 0 Å².